The number of amides is 2. The summed E-state index contributed by atoms with van der Waals surface area (Å²) >= 11 is 0. The fraction of sp³-hybridized carbons (Fsp3) is 0.176. The average Bonchev–Trinajstić information content (AvgIpc) is 2.62. The molecule has 0 aliphatic carbocycles. The molecule has 2 rings (SSSR count). The summed E-state index contributed by atoms with van der Waals surface area (Å²) in [5.41, 5.74) is 0.435. The molecule has 0 heterocycles. The van der Waals surface area contributed by atoms with Gasteiger partial charge in [-0.3, -0.25) is 14.3 Å². The van der Waals surface area contributed by atoms with Gasteiger partial charge in [0.05, 0.1) is 11.4 Å². The maximum absolute atomic E-state index is 12.9. The van der Waals surface area contributed by atoms with Crippen LogP contribution in [0.15, 0.2) is 53.4 Å². The van der Waals surface area contributed by atoms with Crippen molar-refractivity contribution in [3.63, 3.8) is 0 Å². The first-order valence-corrected chi connectivity index (χ1v) is 9.23. The summed E-state index contributed by atoms with van der Waals surface area (Å²) in [5, 5.41) is 4.98. The van der Waals surface area contributed by atoms with E-state index in [0.29, 0.717) is 6.54 Å². The topological polar surface area (TPSA) is 104 Å². The zero-order chi connectivity index (χ0) is 19.2. The number of carbonyl (C=O) groups is 2. The highest BCUT2D eigenvalue weighted by Gasteiger charge is 2.15. The molecule has 26 heavy (non-hydrogen) atoms. The molecule has 0 radical (unpaired) electrons. The lowest BCUT2D eigenvalue weighted by atomic mass is 10.2. The predicted molar refractivity (Wildman–Crippen MR) is 94.7 cm³/mol. The van der Waals surface area contributed by atoms with Gasteiger partial charge in [-0.1, -0.05) is 0 Å². The Morgan fingerprint density at radius 3 is 2.15 bits per heavy atom. The fourth-order valence-corrected chi connectivity index (χ4v) is 3.10. The first-order chi connectivity index (χ1) is 12.3. The molecular formula is C17H18FN3O4S. The molecular weight excluding hydrogens is 361 g/mol. The first-order valence-electron chi connectivity index (χ1n) is 7.75. The number of benzene rings is 2. The Morgan fingerprint density at radius 1 is 0.962 bits per heavy atom. The van der Waals surface area contributed by atoms with Crippen LogP contribution in [0.4, 0.5) is 10.1 Å². The minimum absolute atomic E-state index is 0.0536. The standard InChI is InChI=1S/C17H18FN3O4S/c1-2-19-16(22)11-20-17(23)12-3-9-15(10-4-12)26(24,25)21-14-7-5-13(18)6-8-14/h3-10,21H,2,11H2,1H3,(H,19,22)(H,20,23). The van der Waals surface area contributed by atoms with Gasteiger partial charge in [0.2, 0.25) is 5.91 Å². The Morgan fingerprint density at radius 2 is 1.58 bits per heavy atom. The third kappa shape index (κ3) is 5.28. The molecule has 0 unspecified atom stereocenters. The van der Waals surface area contributed by atoms with E-state index in [-0.39, 0.29) is 28.6 Å². The van der Waals surface area contributed by atoms with E-state index in [4.69, 9.17) is 0 Å². The molecule has 0 spiro atoms. The SMILES string of the molecule is CCNC(=O)CNC(=O)c1ccc(S(=O)(=O)Nc2ccc(F)cc2)cc1. The van der Waals surface area contributed by atoms with Crippen LogP contribution in [0.3, 0.4) is 0 Å². The van der Waals surface area contributed by atoms with Crippen LogP contribution >= 0.6 is 0 Å². The van der Waals surface area contributed by atoms with E-state index < -0.39 is 21.7 Å². The second-order valence-electron chi connectivity index (χ2n) is 5.27. The summed E-state index contributed by atoms with van der Waals surface area (Å²) in [4.78, 5) is 23.2. The molecule has 7 nitrogen and oxygen atoms in total. The van der Waals surface area contributed by atoms with Crippen molar-refractivity contribution >= 4 is 27.5 Å². The fourth-order valence-electron chi connectivity index (χ4n) is 2.04. The molecule has 2 amide bonds. The number of nitrogens with one attached hydrogen (secondary N) is 3. The van der Waals surface area contributed by atoms with Gasteiger partial charge in [0, 0.05) is 17.8 Å². The van der Waals surface area contributed by atoms with Crippen molar-refractivity contribution < 1.29 is 22.4 Å². The van der Waals surface area contributed by atoms with Gasteiger partial charge in [-0.15, -0.1) is 0 Å². The molecule has 138 valence electrons. The largest absolute Gasteiger partial charge is 0.355 e. The molecule has 0 saturated carbocycles. The smallest absolute Gasteiger partial charge is 0.261 e. The Labute approximate surface area is 150 Å². The van der Waals surface area contributed by atoms with E-state index in [1.807, 2.05) is 0 Å². The van der Waals surface area contributed by atoms with E-state index in [0.717, 1.165) is 12.1 Å². The van der Waals surface area contributed by atoms with E-state index in [1.54, 1.807) is 6.92 Å². The zero-order valence-electron chi connectivity index (χ0n) is 14.0. The number of likely N-dealkylation sites (N-methyl/N-ethyl adjacent to an activating group) is 1. The van der Waals surface area contributed by atoms with Gasteiger partial charge in [-0.2, -0.15) is 0 Å². The van der Waals surface area contributed by atoms with Crippen LogP contribution in [-0.2, 0) is 14.8 Å². The van der Waals surface area contributed by atoms with Crippen LogP contribution in [0.5, 0.6) is 0 Å². The second-order valence-corrected chi connectivity index (χ2v) is 6.96. The van der Waals surface area contributed by atoms with Crippen LogP contribution in [0.25, 0.3) is 0 Å². The van der Waals surface area contributed by atoms with Gasteiger partial charge >= 0.3 is 0 Å². The summed E-state index contributed by atoms with van der Waals surface area (Å²) in [5.74, 6) is -1.29. The predicted octanol–water partition coefficient (Wildman–Crippen LogP) is 1.49. The third-order valence-electron chi connectivity index (χ3n) is 3.31. The van der Waals surface area contributed by atoms with Gasteiger partial charge < -0.3 is 10.6 Å². The second kappa shape index (κ2) is 8.43. The van der Waals surface area contributed by atoms with Crippen LogP contribution in [0.1, 0.15) is 17.3 Å². The van der Waals surface area contributed by atoms with Crippen molar-refractivity contribution in [3.05, 3.63) is 59.9 Å². The normalized spacial score (nSPS) is 10.8. The van der Waals surface area contributed by atoms with E-state index in [9.17, 15) is 22.4 Å². The molecule has 0 aromatic heterocycles. The Balaban J connectivity index is 2.04. The molecule has 0 fully saturated rings. The molecule has 0 aliphatic rings. The summed E-state index contributed by atoms with van der Waals surface area (Å²) in [6.45, 7) is 2.06. The maximum Gasteiger partial charge on any atom is 0.261 e. The minimum Gasteiger partial charge on any atom is -0.355 e. The molecule has 0 bridgehead atoms. The van der Waals surface area contributed by atoms with Crippen molar-refractivity contribution in [3.8, 4) is 0 Å². The molecule has 9 heteroatoms. The lowest BCUT2D eigenvalue weighted by molar-refractivity contribution is -0.120. The van der Waals surface area contributed by atoms with Crippen LogP contribution < -0.4 is 15.4 Å². The molecule has 2 aromatic carbocycles. The Bertz CT molecular complexity index is 881. The molecule has 0 aliphatic heterocycles. The van der Waals surface area contributed by atoms with Gasteiger partial charge in [-0.25, -0.2) is 12.8 Å². The zero-order valence-corrected chi connectivity index (χ0v) is 14.8. The van der Waals surface area contributed by atoms with Crippen molar-refractivity contribution in [2.24, 2.45) is 0 Å². The van der Waals surface area contributed by atoms with E-state index in [2.05, 4.69) is 15.4 Å². The summed E-state index contributed by atoms with van der Waals surface area (Å²) in [6, 6.07) is 10.1. The highest BCUT2D eigenvalue weighted by molar-refractivity contribution is 7.92. The monoisotopic (exact) mass is 379 g/mol. The van der Waals surface area contributed by atoms with Crippen molar-refractivity contribution in [1.29, 1.82) is 0 Å². The van der Waals surface area contributed by atoms with Gasteiger partial charge in [0.1, 0.15) is 5.82 Å². The third-order valence-corrected chi connectivity index (χ3v) is 4.70. The molecule has 0 atom stereocenters. The van der Waals surface area contributed by atoms with E-state index in [1.165, 1.54) is 36.4 Å². The lowest BCUT2D eigenvalue weighted by Crippen LogP contribution is -2.36. The van der Waals surface area contributed by atoms with Gasteiger partial charge in [-0.05, 0) is 55.5 Å². The van der Waals surface area contributed by atoms with Crippen LogP contribution in [-0.4, -0.2) is 33.3 Å². The first kappa shape index (κ1) is 19.4. The van der Waals surface area contributed by atoms with Crippen molar-refractivity contribution in [2.45, 2.75) is 11.8 Å². The Kier molecular flexibility index (Phi) is 6.29. The van der Waals surface area contributed by atoms with Crippen LogP contribution in [0, 0.1) is 5.82 Å². The summed E-state index contributed by atoms with van der Waals surface area (Å²) in [6.07, 6.45) is 0. The number of anilines is 1. The number of hydrogen-bond donors (Lipinski definition) is 3. The van der Waals surface area contributed by atoms with E-state index >= 15 is 0 Å². The summed E-state index contributed by atoms with van der Waals surface area (Å²) < 4.78 is 39.8. The molecule has 3 N–H and O–H groups in total. The van der Waals surface area contributed by atoms with Gasteiger partial charge in [0.15, 0.2) is 0 Å². The number of halogens is 1. The van der Waals surface area contributed by atoms with Crippen molar-refractivity contribution in [1.82, 2.24) is 10.6 Å². The van der Waals surface area contributed by atoms with Gasteiger partial charge in [0.25, 0.3) is 15.9 Å². The summed E-state index contributed by atoms with van der Waals surface area (Å²) in [7, 11) is -3.87. The number of sulfonamides is 1. The molecule has 0 saturated heterocycles. The van der Waals surface area contributed by atoms with Crippen LogP contribution in [0.2, 0.25) is 0 Å². The quantitative estimate of drug-likeness (QED) is 0.678. The Hall–Kier alpha value is -2.94. The minimum atomic E-state index is -3.87. The lowest BCUT2D eigenvalue weighted by Gasteiger charge is -2.09. The highest BCUT2D eigenvalue weighted by atomic mass is 32.2. The van der Waals surface area contributed by atoms with Crippen molar-refractivity contribution in [2.75, 3.05) is 17.8 Å². The average molecular weight is 379 g/mol. The molecule has 2 aromatic rings. The number of carbonyl (C=O) groups excluding carboxylic acids is 2. The maximum atomic E-state index is 12.9. The number of hydrogen-bond acceptors (Lipinski definition) is 4. The number of rotatable bonds is 7. The highest BCUT2D eigenvalue weighted by Crippen LogP contribution is 2.17.